The second kappa shape index (κ2) is 4.78. The molecule has 0 radical (unpaired) electrons. The molecule has 1 aliphatic carbocycles. The first-order valence-corrected chi connectivity index (χ1v) is 6.06. The zero-order valence-electron chi connectivity index (χ0n) is 9.68. The predicted octanol–water partition coefficient (Wildman–Crippen LogP) is 2.11. The first kappa shape index (κ1) is 11.3. The minimum absolute atomic E-state index is 0.244. The summed E-state index contributed by atoms with van der Waals surface area (Å²) in [6.45, 7) is 2.16. The van der Waals surface area contributed by atoms with Gasteiger partial charge in [-0.2, -0.15) is 0 Å². The molecular formula is C12H17N3S. The first-order chi connectivity index (χ1) is 7.74. The van der Waals surface area contributed by atoms with Gasteiger partial charge in [0.2, 0.25) is 0 Å². The molecule has 1 N–H and O–H groups in total. The Morgan fingerprint density at radius 2 is 2.31 bits per heavy atom. The molecule has 1 fully saturated rings. The van der Waals surface area contributed by atoms with Crippen LogP contribution in [0.25, 0.3) is 0 Å². The summed E-state index contributed by atoms with van der Waals surface area (Å²) in [6.07, 6.45) is 4.30. The van der Waals surface area contributed by atoms with Crippen LogP contribution in [-0.4, -0.2) is 28.1 Å². The summed E-state index contributed by atoms with van der Waals surface area (Å²) in [5.74, 6) is 0. The van der Waals surface area contributed by atoms with Gasteiger partial charge in [-0.05, 0) is 44.1 Å². The van der Waals surface area contributed by atoms with Gasteiger partial charge >= 0.3 is 0 Å². The standard InChI is InChI=1S/C12H17N3S/c1-9(11-5-3-4-8-14-11)15(10-6-7-10)12(16)13-2/h3-5,8-10H,6-7H2,1-2H3,(H,13,16). The lowest BCUT2D eigenvalue weighted by Crippen LogP contribution is -2.41. The molecule has 1 aliphatic rings. The maximum atomic E-state index is 5.36. The predicted molar refractivity (Wildman–Crippen MR) is 69.2 cm³/mol. The molecule has 1 aromatic rings. The van der Waals surface area contributed by atoms with Crippen LogP contribution in [0.15, 0.2) is 24.4 Å². The van der Waals surface area contributed by atoms with E-state index < -0.39 is 0 Å². The molecule has 86 valence electrons. The first-order valence-electron chi connectivity index (χ1n) is 5.65. The normalized spacial score (nSPS) is 16.6. The van der Waals surface area contributed by atoms with E-state index in [1.165, 1.54) is 12.8 Å². The van der Waals surface area contributed by atoms with Crippen LogP contribution in [0.3, 0.4) is 0 Å². The van der Waals surface area contributed by atoms with Gasteiger partial charge in [0.25, 0.3) is 0 Å². The molecule has 0 spiro atoms. The minimum Gasteiger partial charge on any atom is -0.366 e. The van der Waals surface area contributed by atoms with Crippen molar-refractivity contribution in [3.8, 4) is 0 Å². The number of thiocarbonyl (C=S) groups is 1. The molecule has 1 saturated carbocycles. The fraction of sp³-hybridized carbons (Fsp3) is 0.500. The second-order valence-corrected chi connectivity index (χ2v) is 4.51. The van der Waals surface area contributed by atoms with Gasteiger partial charge in [-0.3, -0.25) is 4.98 Å². The van der Waals surface area contributed by atoms with Gasteiger partial charge < -0.3 is 10.2 Å². The molecule has 0 aliphatic heterocycles. The van der Waals surface area contributed by atoms with Crippen molar-refractivity contribution >= 4 is 17.3 Å². The minimum atomic E-state index is 0.244. The topological polar surface area (TPSA) is 28.2 Å². The Morgan fingerprint density at radius 3 is 2.81 bits per heavy atom. The van der Waals surface area contributed by atoms with E-state index in [9.17, 15) is 0 Å². The molecular weight excluding hydrogens is 218 g/mol. The SMILES string of the molecule is CNC(=S)N(C1CC1)C(C)c1ccccn1. The lowest BCUT2D eigenvalue weighted by Gasteiger charge is -2.30. The molecule has 0 aromatic carbocycles. The Labute approximate surface area is 102 Å². The van der Waals surface area contributed by atoms with E-state index in [2.05, 4.69) is 28.2 Å². The Hall–Kier alpha value is -1.16. The lowest BCUT2D eigenvalue weighted by molar-refractivity contribution is 0.318. The fourth-order valence-corrected chi connectivity index (χ4v) is 2.21. The second-order valence-electron chi connectivity index (χ2n) is 4.12. The van der Waals surface area contributed by atoms with Crippen molar-refractivity contribution in [1.82, 2.24) is 15.2 Å². The van der Waals surface area contributed by atoms with Crippen LogP contribution < -0.4 is 5.32 Å². The number of rotatable bonds is 3. The quantitative estimate of drug-likeness (QED) is 0.812. The molecule has 1 aromatic heterocycles. The number of aromatic nitrogens is 1. The van der Waals surface area contributed by atoms with Crippen molar-refractivity contribution in [2.45, 2.75) is 31.8 Å². The number of hydrogen-bond acceptors (Lipinski definition) is 2. The number of nitrogens with zero attached hydrogens (tertiary/aromatic N) is 2. The van der Waals surface area contributed by atoms with E-state index >= 15 is 0 Å². The van der Waals surface area contributed by atoms with E-state index in [-0.39, 0.29) is 6.04 Å². The van der Waals surface area contributed by atoms with Crippen LogP contribution in [0.2, 0.25) is 0 Å². The fourth-order valence-electron chi connectivity index (χ4n) is 1.91. The highest BCUT2D eigenvalue weighted by Crippen LogP contribution is 2.33. The summed E-state index contributed by atoms with van der Waals surface area (Å²) in [4.78, 5) is 6.66. The lowest BCUT2D eigenvalue weighted by atomic mass is 10.2. The van der Waals surface area contributed by atoms with Crippen molar-refractivity contribution in [2.75, 3.05) is 7.05 Å². The number of nitrogens with one attached hydrogen (secondary N) is 1. The van der Waals surface area contributed by atoms with Gasteiger partial charge in [0.1, 0.15) is 0 Å². The Kier molecular flexibility index (Phi) is 3.39. The molecule has 1 heterocycles. The van der Waals surface area contributed by atoms with Crippen LogP contribution in [0.5, 0.6) is 0 Å². The van der Waals surface area contributed by atoms with Gasteiger partial charge in [0, 0.05) is 19.3 Å². The van der Waals surface area contributed by atoms with Crippen molar-refractivity contribution in [3.05, 3.63) is 30.1 Å². The number of hydrogen-bond donors (Lipinski definition) is 1. The molecule has 4 heteroatoms. The van der Waals surface area contributed by atoms with E-state index in [0.717, 1.165) is 10.8 Å². The van der Waals surface area contributed by atoms with E-state index in [1.54, 1.807) is 0 Å². The van der Waals surface area contributed by atoms with Crippen LogP contribution in [0, 0.1) is 0 Å². The molecule has 0 bridgehead atoms. The van der Waals surface area contributed by atoms with Crippen LogP contribution >= 0.6 is 12.2 Å². The van der Waals surface area contributed by atoms with Crippen LogP contribution in [0.1, 0.15) is 31.5 Å². The molecule has 1 unspecified atom stereocenters. The van der Waals surface area contributed by atoms with Gasteiger partial charge in [-0.1, -0.05) is 6.07 Å². The van der Waals surface area contributed by atoms with Crippen molar-refractivity contribution < 1.29 is 0 Å². The van der Waals surface area contributed by atoms with Crippen molar-refractivity contribution in [3.63, 3.8) is 0 Å². The molecule has 1 atom stereocenters. The summed E-state index contributed by atoms with van der Waals surface area (Å²) in [5.41, 5.74) is 1.08. The summed E-state index contributed by atoms with van der Waals surface area (Å²) in [6, 6.07) is 6.85. The van der Waals surface area contributed by atoms with E-state index in [4.69, 9.17) is 12.2 Å². The van der Waals surface area contributed by atoms with Gasteiger partial charge in [-0.25, -0.2) is 0 Å². The van der Waals surface area contributed by atoms with Gasteiger partial charge in [0.05, 0.1) is 11.7 Å². The highest BCUT2D eigenvalue weighted by atomic mass is 32.1. The zero-order valence-corrected chi connectivity index (χ0v) is 10.5. The average Bonchev–Trinajstić information content (AvgIpc) is 3.14. The molecule has 3 nitrogen and oxygen atoms in total. The van der Waals surface area contributed by atoms with Crippen molar-refractivity contribution in [2.24, 2.45) is 0 Å². The summed E-state index contributed by atoms with van der Waals surface area (Å²) in [7, 11) is 1.88. The van der Waals surface area contributed by atoms with Gasteiger partial charge in [0.15, 0.2) is 5.11 Å². The largest absolute Gasteiger partial charge is 0.366 e. The average molecular weight is 235 g/mol. The summed E-state index contributed by atoms with van der Waals surface area (Å²) in [5, 5.41) is 3.89. The van der Waals surface area contributed by atoms with Crippen LogP contribution in [0.4, 0.5) is 0 Å². The van der Waals surface area contributed by atoms with E-state index in [0.29, 0.717) is 6.04 Å². The maximum Gasteiger partial charge on any atom is 0.169 e. The van der Waals surface area contributed by atoms with Crippen LogP contribution in [-0.2, 0) is 0 Å². The third-order valence-corrected chi connectivity index (χ3v) is 3.34. The maximum absolute atomic E-state index is 5.36. The Morgan fingerprint density at radius 1 is 1.56 bits per heavy atom. The molecule has 16 heavy (non-hydrogen) atoms. The highest BCUT2D eigenvalue weighted by molar-refractivity contribution is 7.80. The van der Waals surface area contributed by atoms with Crippen molar-refractivity contribution in [1.29, 1.82) is 0 Å². The Bertz CT molecular complexity index is 362. The number of pyridine rings is 1. The summed E-state index contributed by atoms with van der Waals surface area (Å²) >= 11 is 5.36. The molecule has 0 amide bonds. The smallest absolute Gasteiger partial charge is 0.169 e. The molecule has 0 saturated heterocycles. The third-order valence-electron chi connectivity index (χ3n) is 2.92. The highest BCUT2D eigenvalue weighted by Gasteiger charge is 2.34. The van der Waals surface area contributed by atoms with Gasteiger partial charge in [-0.15, -0.1) is 0 Å². The monoisotopic (exact) mass is 235 g/mol. The van der Waals surface area contributed by atoms with E-state index in [1.807, 2.05) is 25.4 Å². The molecule has 2 rings (SSSR count). The third kappa shape index (κ3) is 2.32. The zero-order chi connectivity index (χ0) is 11.5. The summed E-state index contributed by atoms with van der Waals surface area (Å²) < 4.78 is 0. The Balaban J connectivity index is 2.17.